The highest BCUT2D eigenvalue weighted by Crippen LogP contribution is 2.11. The molecule has 30 heavy (non-hydrogen) atoms. The van der Waals surface area contributed by atoms with Crippen LogP contribution in [-0.4, -0.2) is 70.7 Å². The van der Waals surface area contributed by atoms with Crippen LogP contribution in [0.4, 0.5) is 0 Å². The van der Waals surface area contributed by atoms with Crippen molar-refractivity contribution in [2.24, 2.45) is 17.6 Å². The number of carboxylic acid groups (broad SMARTS) is 1. The molecule has 0 aromatic rings. The van der Waals surface area contributed by atoms with Gasteiger partial charge in [-0.3, -0.25) is 14.4 Å². The molecule has 11 heteroatoms. The zero-order valence-electron chi connectivity index (χ0n) is 18.3. The van der Waals surface area contributed by atoms with Crippen molar-refractivity contribution in [3.63, 3.8) is 0 Å². The Balaban J connectivity index is 5.43. The molecule has 0 bridgehead atoms. The maximum absolute atomic E-state index is 13.0. The molecule has 0 heterocycles. The second-order valence-electron chi connectivity index (χ2n) is 7.57. The van der Waals surface area contributed by atoms with Crippen LogP contribution < -0.4 is 21.7 Å². The summed E-state index contributed by atoms with van der Waals surface area (Å²) >= 11 is 5.43. The second kappa shape index (κ2) is 14.5. The largest absolute Gasteiger partial charge is 0.480 e. The minimum absolute atomic E-state index is 0.0804. The number of nitrogens with two attached hydrogens (primary N) is 1. The molecular weight excluding hydrogens is 428 g/mol. The number of rotatable bonds is 14. The first kappa shape index (κ1) is 28.5. The van der Waals surface area contributed by atoms with Crippen LogP contribution in [0.1, 0.15) is 40.5 Å². The number of carboxylic acids is 1. The number of carbonyl (C=O) groups is 4. The lowest BCUT2D eigenvalue weighted by Gasteiger charge is -2.28. The van der Waals surface area contributed by atoms with Gasteiger partial charge in [0.2, 0.25) is 17.7 Å². The Labute approximate surface area is 188 Å². The van der Waals surface area contributed by atoms with E-state index in [0.29, 0.717) is 18.6 Å². The van der Waals surface area contributed by atoms with Gasteiger partial charge in [-0.25, -0.2) is 4.79 Å². The lowest BCUT2D eigenvalue weighted by atomic mass is 9.96. The summed E-state index contributed by atoms with van der Waals surface area (Å²) in [6, 6.07) is -3.72. The fourth-order valence-electron chi connectivity index (χ4n) is 2.48. The molecule has 0 spiro atoms. The molecule has 0 aliphatic heterocycles. The van der Waals surface area contributed by atoms with Crippen LogP contribution in [0.15, 0.2) is 0 Å². The first-order valence-corrected chi connectivity index (χ1v) is 12.0. The number of nitrogens with one attached hydrogen (secondary N) is 3. The van der Waals surface area contributed by atoms with Crippen molar-refractivity contribution in [1.29, 1.82) is 0 Å². The second-order valence-corrected chi connectivity index (χ2v) is 8.92. The number of hydrogen-bond donors (Lipinski definition) is 6. The summed E-state index contributed by atoms with van der Waals surface area (Å²) < 4.78 is 0. The number of aliphatic carboxylic acids is 1. The minimum atomic E-state index is -1.21. The van der Waals surface area contributed by atoms with Crippen molar-refractivity contribution in [1.82, 2.24) is 16.0 Å². The van der Waals surface area contributed by atoms with Crippen molar-refractivity contribution >= 4 is 48.1 Å². The molecule has 6 N–H and O–H groups in total. The molecule has 5 unspecified atom stereocenters. The zero-order valence-corrected chi connectivity index (χ0v) is 20.0. The van der Waals surface area contributed by atoms with Crippen LogP contribution in [0.3, 0.4) is 0 Å². The van der Waals surface area contributed by atoms with Gasteiger partial charge in [-0.1, -0.05) is 34.1 Å². The van der Waals surface area contributed by atoms with E-state index < -0.39 is 47.9 Å². The SMILES string of the molecule is CCC(C)C(NC(=O)C(N)C(C)C)C(=O)NC(CCSC)C(=O)NC(CS)C(=O)O. The van der Waals surface area contributed by atoms with Gasteiger partial charge in [0.15, 0.2) is 0 Å². The summed E-state index contributed by atoms with van der Waals surface area (Å²) in [6.45, 7) is 7.34. The van der Waals surface area contributed by atoms with E-state index in [-0.39, 0.29) is 17.6 Å². The van der Waals surface area contributed by atoms with E-state index in [4.69, 9.17) is 10.8 Å². The molecule has 0 saturated heterocycles. The van der Waals surface area contributed by atoms with Gasteiger partial charge < -0.3 is 26.8 Å². The van der Waals surface area contributed by atoms with Crippen molar-refractivity contribution in [2.45, 2.75) is 64.7 Å². The standard InChI is InChI=1S/C19H36N4O5S2/c1-6-11(4)15(23-17(25)14(20)10(2)3)18(26)21-12(7-8-30-5)16(24)22-13(9-29)19(27)28/h10-15,29H,6-9,20H2,1-5H3,(H,21,26)(H,22,24)(H,23,25)(H,27,28). The van der Waals surface area contributed by atoms with Crippen molar-refractivity contribution in [2.75, 3.05) is 17.8 Å². The summed E-state index contributed by atoms with van der Waals surface area (Å²) in [5.41, 5.74) is 5.89. The van der Waals surface area contributed by atoms with Gasteiger partial charge in [0, 0.05) is 5.75 Å². The molecule has 0 rings (SSSR count). The molecule has 174 valence electrons. The highest BCUT2D eigenvalue weighted by Gasteiger charge is 2.32. The maximum atomic E-state index is 13.0. The van der Waals surface area contributed by atoms with Crippen LogP contribution in [0.2, 0.25) is 0 Å². The predicted molar refractivity (Wildman–Crippen MR) is 123 cm³/mol. The molecule has 0 radical (unpaired) electrons. The third-order valence-corrected chi connectivity index (χ3v) is 5.86. The molecule has 0 aliphatic rings. The third kappa shape index (κ3) is 9.57. The number of thioether (sulfide) groups is 1. The predicted octanol–water partition coefficient (Wildman–Crippen LogP) is 0.238. The van der Waals surface area contributed by atoms with E-state index in [9.17, 15) is 19.2 Å². The molecule has 0 saturated carbocycles. The normalized spacial score (nSPS) is 16.1. The molecular formula is C19H36N4O5S2. The Kier molecular flexibility index (Phi) is 13.8. The van der Waals surface area contributed by atoms with Crippen LogP contribution >= 0.6 is 24.4 Å². The van der Waals surface area contributed by atoms with E-state index in [1.54, 1.807) is 0 Å². The maximum Gasteiger partial charge on any atom is 0.327 e. The summed E-state index contributed by atoms with van der Waals surface area (Å²) in [7, 11) is 0. The van der Waals surface area contributed by atoms with E-state index in [1.165, 1.54) is 11.8 Å². The summed E-state index contributed by atoms with van der Waals surface area (Å²) in [4.78, 5) is 49.1. The number of amides is 3. The Morgan fingerprint density at radius 2 is 1.57 bits per heavy atom. The Hall–Kier alpha value is -1.46. The fraction of sp³-hybridized carbons (Fsp3) is 0.789. The highest BCUT2D eigenvalue weighted by atomic mass is 32.2. The Morgan fingerprint density at radius 1 is 1.00 bits per heavy atom. The molecule has 9 nitrogen and oxygen atoms in total. The third-order valence-electron chi connectivity index (χ3n) is 4.85. The molecule has 0 aromatic heterocycles. The van der Waals surface area contributed by atoms with Gasteiger partial charge in [-0.05, 0) is 30.3 Å². The number of hydrogen-bond acceptors (Lipinski definition) is 7. The van der Waals surface area contributed by atoms with Gasteiger partial charge in [-0.15, -0.1) is 0 Å². The first-order valence-electron chi connectivity index (χ1n) is 9.99. The number of thiol groups is 1. The van der Waals surface area contributed by atoms with Gasteiger partial charge in [0.25, 0.3) is 0 Å². The molecule has 5 atom stereocenters. The topological polar surface area (TPSA) is 151 Å². The molecule has 0 fully saturated rings. The van der Waals surface area contributed by atoms with Gasteiger partial charge in [-0.2, -0.15) is 24.4 Å². The Bertz CT molecular complexity index is 591. The number of carbonyl (C=O) groups excluding carboxylic acids is 3. The van der Waals surface area contributed by atoms with E-state index in [0.717, 1.165) is 0 Å². The van der Waals surface area contributed by atoms with E-state index in [1.807, 2.05) is 34.0 Å². The quantitative estimate of drug-likeness (QED) is 0.202. The van der Waals surface area contributed by atoms with Crippen molar-refractivity contribution in [3.05, 3.63) is 0 Å². The summed E-state index contributed by atoms with van der Waals surface area (Å²) in [5, 5.41) is 16.9. The summed E-state index contributed by atoms with van der Waals surface area (Å²) in [5.74, 6) is -2.54. The van der Waals surface area contributed by atoms with Crippen molar-refractivity contribution in [3.8, 4) is 0 Å². The van der Waals surface area contributed by atoms with Crippen LogP contribution in [-0.2, 0) is 19.2 Å². The van der Waals surface area contributed by atoms with E-state index in [2.05, 4.69) is 28.6 Å². The smallest absolute Gasteiger partial charge is 0.327 e. The lowest BCUT2D eigenvalue weighted by Crippen LogP contribution is -2.59. The molecule has 3 amide bonds. The van der Waals surface area contributed by atoms with E-state index >= 15 is 0 Å². The summed E-state index contributed by atoms with van der Waals surface area (Å²) in [6.07, 6.45) is 2.79. The average molecular weight is 465 g/mol. The van der Waals surface area contributed by atoms with Crippen LogP contribution in [0, 0.1) is 11.8 Å². The zero-order chi connectivity index (χ0) is 23.4. The molecule has 0 aromatic carbocycles. The van der Waals surface area contributed by atoms with Crippen LogP contribution in [0.25, 0.3) is 0 Å². The van der Waals surface area contributed by atoms with Gasteiger partial charge >= 0.3 is 5.97 Å². The van der Waals surface area contributed by atoms with Crippen molar-refractivity contribution < 1.29 is 24.3 Å². The molecule has 0 aliphatic carbocycles. The highest BCUT2D eigenvalue weighted by molar-refractivity contribution is 7.98. The Morgan fingerprint density at radius 3 is 2.00 bits per heavy atom. The van der Waals surface area contributed by atoms with Gasteiger partial charge in [0.1, 0.15) is 18.1 Å². The average Bonchev–Trinajstić information content (AvgIpc) is 2.70. The monoisotopic (exact) mass is 464 g/mol. The van der Waals surface area contributed by atoms with Gasteiger partial charge in [0.05, 0.1) is 6.04 Å². The first-order chi connectivity index (χ1) is 14.0. The lowest BCUT2D eigenvalue weighted by molar-refractivity contribution is -0.141. The minimum Gasteiger partial charge on any atom is -0.480 e. The fourth-order valence-corrected chi connectivity index (χ4v) is 3.20. The van der Waals surface area contributed by atoms with Crippen LogP contribution in [0.5, 0.6) is 0 Å².